The molecule has 0 aliphatic rings. The van der Waals surface area contributed by atoms with Crippen molar-refractivity contribution in [3.8, 4) is 0 Å². The Morgan fingerprint density at radius 3 is 2.67 bits per heavy atom. The molecular weight excluding hydrogens is 152 g/mol. The van der Waals surface area contributed by atoms with E-state index in [4.69, 9.17) is 0 Å². The van der Waals surface area contributed by atoms with E-state index >= 15 is 0 Å². The third kappa shape index (κ3) is 3.49. The molecule has 0 aliphatic carbocycles. The molecular formula is C6H10O2Ti. The van der Waals surface area contributed by atoms with Crippen molar-refractivity contribution in [2.45, 2.75) is 19.8 Å². The molecule has 0 saturated carbocycles. The van der Waals surface area contributed by atoms with Crippen LogP contribution >= 0.6 is 0 Å². The Labute approximate surface area is 61.1 Å². The van der Waals surface area contributed by atoms with Crippen LogP contribution in [0.1, 0.15) is 19.8 Å². The molecule has 2 nitrogen and oxygen atoms in total. The average Bonchev–Trinajstić information content (AvgIpc) is 1.87. The van der Waals surface area contributed by atoms with E-state index in [1.807, 2.05) is 6.92 Å². The van der Waals surface area contributed by atoms with Gasteiger partial charge < -0.3 is 0 Å². The molecule has 0 fully saturated rings. The predicted molar refractivity (Wildman–Crippen MR) is 30.8 cm³/mol. The van der Waals surface area contributed by atoms with Gasteiger partial charge in [-0.05, 0) is 0 Å². The molecule has 0 amide bonds. The molecule has 0 N–H and O–H groups in total. The first-order chi connectivity index (χ1) is 4.22. The summed E-state index contributed by atoms with van der Waals surface area (Å²) >= 11 is -2.66. The zero-order valence-electron chi connectivity index (χ0n) is 5.52. The summed E-state index contributed by atoms with van der Waals surface area (Å²) in [5.41, 5.74) is 0. The van der Waals surface area contributed by atoms with Crippen LogP contribution in [0.4, 0.5) is 0 Å². The van der Waals surface area contributed by atoms with E-state index in [9.17, 15) is 8.12 Å². The van der Waals surface area contributed by atoms with Gasteiger partial charge in [0.05, 0.1) is 0 Å². The van der Waals surface area contributed by atoms with E-state index in [-0.39, 0.29) is 4.09 Å². The summed E-state index contributed by atoms with van der Waals surface area (Å²) in [4.78, 5) is 10.7. The normalized spacial score (nSPS) is 8.56. The van der Waals surface area contributed by atoms with Crippen LogP contribution in [0.15, 0.2) is 11.0 Å². The summed E-state index contributed by atoms with van der Waals surface area (Å²) in [6.07, 6.45) is 1.23. The molecule has 0 atom stereocenters. The molecule has 0 bridgehead atoms. The first-order valence-electron chi connectivity index (χ1n) is 2.92. The van der Waals surface area contributed by atoms with Crippen LogP contribution < -0.4 is 0 Å². The van der Waals surface area contributed by atoms with Crippen LogP contribution in [-0.4, -0.2) is 4.09 Å². The van der Waals surface area contributed by atoms with E-state index in [1.165, 1.54) is 4.38 Å². The van der Waals surface area contributed by atoms with Gasteiger partial charge >= 0.3 is 60.8 Å². The quantitative estimate of drug-likeness (QED) is 0.585. The van der Waals surface area contributed by atoms with Gasteiger partial charge in [0, 0.05) is 0 Å². The summed E-state index contributed by atoms with van der Waals surface area (Å²) in [7, 11) is 0. The van der Waals surface area contributed by atoms with Crippen LogP contribution in [0.2, 0.25) is 0 Å². The third-order valence-electron chi connectivity index (χ3n) is 0.937. The minimum absolute atomic E-state index is 0.0903. The molecule has 0 aliphatic heterocycles. The topological polar surface area (TPSA) is 34.1 Å². The summed E-state index contributed by atoms with van der Waals surface area (Å²) in [5, 5.41) is 0. The van der Waals surface area contributed by atoms with E-state index in [1.54, 1.807) is 0 Å². The van der Waals surface area contributed by atoms with Crippen molar-refractivity contribution in [1.29, 1.82) is 0 Å². The van der Waals surface area contributed by atoms with E-state index in [0.717, 1.165) is 6.42 Å². The molecule has 0 rings (SSSR count). The zero-order valence-corrected chi connectivity index (χ0v) is 7.08. The molecule has 9 heavy (non-hydrogen) atoms. The van der Waals surface area contributed by atoms with Crippen molar-refractivity contribution < 1.29 is 26.0 Å². The molecule has 0 aromatic rings. The van der Waals surface area contributed by atoms with Gasteiger partial charge in [0.15, 0.2) is 0 Å². The summed E-state index contributed by atoms with van der Waals surface area (Å²) < 4.78 is 11.9. The first kappa shape index (κ1) is 8.92. The fraction of sp³-hybridized carbons (Fsp3) is 0.500. The fourth-order valence-electron chi connectivity index (χ4n) is 0.464. The SMILES string of the molecule is C=[CH][Ti](=[O])[C](=O)CCC. The van der Waals surface area contributed by atoms with Crippen LogP contribution in [0, 0.1) is 0 Å². The van der Waals surface area contributed by atoms with Gasteiger partial charge in [0.1, 0.15) is 0 Å². The molecule has 50 valence electrons. The molecule has 0 heterocycles. The van der Waals surface area contributed by atoms with Crippen molar-refractivity contribution in [2.24, 2.45) is 0 Å². The van der Waals surface area contributed by atoms with E-state index in [0.29, 0.717) is 6.42 Å². The summed E-state index contributed by atoms with van der Waals surface area (Å²) in [6.45, 7) is 5.20. The van der Waals surface area contributed by atoms with Crippen LogP contribution in [0.25, 0.3) is 0 Å². The Morgan fingerprint density at radius 1 is 1.78 bits per heavy atom. The summed E-state index contributed by atoms with van der Waals surface area (Å²) in [5.74, 6) is 0. The maximum absolute atomic E-state index is 10.7. The average molecular weight is 162 g/mol. The van der Waals surface area contributed by atoms with Gasteiger partial charge in [0.2, 0.25) is 0 Å². The second kappa shape index (κ2) is 4.77. The van der Waals surface area contributed by atoms with Crippen molar-refractivity contribution in [2.75, 3.05) is 0 Å². The summed E-state index contributed by atoms with van der Waals surface area (Å²) in [6, 6.07) is 0. The zero-order chi connectivity index (χ0) is 7.28. The molecule has 0 aromatic heterocycles. The Balaban J connectivity index is 3.73. The van der Waals surface area contributed by atoms with E-state index < -0.39 is 17.8 Å². The van der Waals surface area contributed by atoms with Crippen LogP contribution in [0.3, 0.4) is 0 Å². The first-order valence-corrected chi connectivity index (χ1v) is 5.24. The Bertz CT molecular complexity index is 140. The molecule has 0 aromatic carbocycles. The Morgan fingerprint density at radius 2 is 2.33 bits per heavy atom. The Kier molecular flexibility index (Phi) is 4.73. The molecule has 0 radical (unpaired) electrons. The van der Waals surface area contributed by atoms with Crippen molar-refractivity contribution in [1.82, 2.24) is 0 Å². The van der Waals surface area contributed by atoms with Gasteiger partial charge in [-0.2, -0.15) is 0 Å². The predicted octanol–water partition coefficient (Wildman–Crippen LogP) is 1.42. The van der Waals surface area contributed by atoms with Gasteiger partial charge in [-0.15, -0.1) is 0 Å². The molecule has 0 saturated heterocycles. The Hall–Kier alpha value is -0.0757. The van der Waals surface area contributed by atoms with Gasteiger partial charge in [-0.25, -0.2) is 0 Å². The standard InChI is InChI=1S/C4H7O.C2H3.O.Ti/c1-2-3-4-5;1-2;;/h2-3H2,1H3;1H,2H2;;. The second-order valence-electron chi connectivity index (χ2n) is 1.74. The maximum atomic E-state index is 10.7. The molecule has 0 spiro atoms. The molecule has 3 heteroatoms. The monoisotopic (exact) mass is 162 g/mol. The van der Waals surface area contributed by atoms with Crippen molar-refractivity contribution in [3.05, 3.63) is 11.0 Å². The van der Waals surface area contributed by atoms with Crippen molar-refractivity contribution >= 4 is 4.09 Å². The number of carbonyl (C=O) groups excluding carboxylic acids is 1. The second-order valence-corrected chi connectivity index (χ2v) is 4.39. The van der Waals surface area contributed by atoms with E-state index in [2.05, 4.69) is 6.58 Å². The van der Waals surface area contributed by atoms with Crippen molar-refractivity contribution in [3.63, 3.8) is 0 Å². The number of carbonyl (C=O) groups is 1. The van der Waals surface area contributed by atoms with Crippen LogP contribution in [0.5, 0.6) is 0 Å². The number of rotatable bonds is 4. The van der Waals surface area contributed by atoms with Crippen LogP contribution in [-0.2, 0) is 26.0 Å². The number of hydrogen-bond acceptors (Lipinski definition) is 2. The van der Waals surface area contributed by atoms with Gasteiger partial charge in [-0.3, -0.25) is 0 Å². The minimum atomic E-state index is -2.66. The third-order valence-corrected chi connectivity index (χ3v) is 2.76. The van der Waals surface area contributed by atoms with Gasteiger partial charge in [0.25, 0.3) is 0 Å². The van der Waals surface area contributed by atoms with Gasteiger partial charge in [-0.1, -0.05) is 0 Å². The number of hydrogen-bond donors (Lipinski definition) is 0. The fourth-order valence-corrected chi connectivity index (χ4v) is 1.59. The molecule has 0 unspecified atom stereocenters.